The van der Waals surface area contributed by atoms with Gasteiger partial charge in [-0.3, -0.25) is 4.90 Å². The van der Waals surface area contributed by atoms with Crippen molar-refractivity contribution in [1.82, 2.24) is 4.90 Å². The highest BCUT2D eigenvalue weighted by atomic mass is 16.5. The molecular weight excluding hydrogens is 200 g/mol. The standard InChI is InChI=1S/C13H26N2O/c1-3-12-9-16-7-6-15(12)13(2,10-14)8-11-4-5-11/h11-12H,3-10,14H2,1-2H3. The Morgan fingerprint density at radius 1 is 1.44 bits per heavy atom. The molecule has 1 saturated heterocycles. The smallest absolute Gasteiger partial charge is 0.0622 e. The summed E-state index contributed by atoms with van der Waals surface area (Å²) in [5.41, 5.74) is 6.25. The lowest BCUT2D eigenvalue weighted by atomic mass is 9.90. The zero-order chi connectivity index (χ0) is 11.6. The molecule has 3 heteroatoms. The first-order chi connectivity index (χ1) is 7.69. The van der Waals surface area contributed by atoms with Crippen LogP contribution >= 0.6 is 0 Å². The number of ether oxygens (including phenoxy) is 1. The van der Waals surface area contributed by atoms with Gasteiger partial charge >= 0.3 is 0 Å². The molecule has 0 radical (unpaired) electrons. The summed E-state index contributed by atoms with van der Waals surface area (Å²) < 4.78 is 5.58. The minimum Gasteiger partial charge on any atom is -0.378 e. The second kappa shape index (κ2) is 5.03. The van der Waals surface area contributed by atoms with Crippen molar-refractivity contribution in [1.29, 1.82) is 0 Å². The van der Waals surface area contributed by atoms with Crippen molar-refractivity contribution >= 4 is 0 Å². The summed E-state index contributed by atoms with van der Waals surface area (Å²) in [5.74, 6) is 0.939. The molecule has 0 spiro atoms. The molecule has 3 nitrogen and oxygen atoms in total. The van der Waals surface area contributed by atoms with Crippen LogP contribution in [0.2, 0.25) is 0 Å². The fourth-order valence-corrected chi connectivity index (χ4v) is 2.97. The van der Waals surface area contributed by atoms with Crippen molar-refractivity contribution < 1.29 is 4.74 Å². The van der Waals surface area contributed by atoms with Gasteiger partial charge in [0.05, 0.1) is 13.2 Å². The van der Waals surface area contributed by atoms with Gasteiger partial charge in [-0.15, -0.1) is 0 Å². The first kappa shape index (κ1) is 12.3. The fourth-order valence-electron chi connectivity index (χ4n) is 2.97. The summed E-state index contributed by atoms with van der Waals surface area (Å²) in [5, 5.41) is 0. The molecular formula is C13H26N2O. The molecule has 0 aromatic rings. The fraction of sp³-hybridized carbons (Fsp3) is 1.00. The van der Waals surface area contributed by atoms with E-state index in [2.05, 4.69) is 18.7 Å². The molecule has 16 heavy (non-hydrogen) atoms. The monoisotopic (exact) mass is 226 g/mol. The minimum atomic E-state index is 0.200. The Morgan fingerprint density at radius 3 is 2.75 bits per heavy atom. The lowest BCUT2D eigenvalue weighted by Gasteiger charge is -2.47. The highest BCUT2D eigenvalue weighted by Crippen LogP contribution is 2.39. The van der Waals surface area contributed by atoms with Crippen molar-refractivity contribution in [2.45, 2.75) is 51.1 Å². The highest BCUT2D eigenvalue weighted by molar-refractivity contribution is 4.96. The SMILES string of the molecule is CCC1COCCN1C(C)(CN)CC1CC1. The van der Waals surface area contributed by atoms with Crippen LogP contribution < -0.4 is 5.73 Å². The maximum Gasteiger partial charge on any atom is 0.0622 e. The Bertz CT molecular complexity index is 230. The van der Waals surface area contributed by atoms with E-state index >= 15 is 0 Å². The number of nitrogens with zero attached hydrogens (tertiary/aromatic N) is 1. The predicted octanol–water partition coefficient (Wildman–Crippen LogP) is 1.61. The Hall–Kier alpha value is -0.120. The molecule has 1 aliphatic heterocycles. The van der Waals surface area contributed by atoms with E-state index in [1.54, 1.807) is 0 Å². The zero-order valence-electron chi connectivity index (χ0n) is 10.7. The maximum absolute atomic E-state index is 6.05. The van der Waals surface area contributed by atoms with E-state index in [0.717, 1.165) is 32.2 Å². The molecule has 0 aromatic heterocycles. The van der Waals surface area contributed by atoms with E-state index in [0.29, 0.717) is 6.04 Å². The summed E-state index contributed by atoms with van der Waals surface area (Å²) >= 11 is 0. The normalized spacial score (nSPS) is 31.3. The van der Waals surface area contributed by atoms with Gasteiger partial charge in [-0.05, 0) is 25.7 Å². The molecule has 2 rings (SSSR count). The average molecular weight is 226 g/mol. The Labute approximate surface area is 99.3 Å². The molecule has 1 saturated carbocycles. The Kier molecular flexibility index (Phi) is 3.88. The first-order valence-corrected chi connectivity index (χ1v) is 6.74. The van der Waals surface area contributed by atoms with E-state index in [9.17, 15) is 0 Å². The summed E-state index contributed by atoms with van der Waals surface area (Å²) in [4.78, 5) is 2.62. The third-order valence-electron chi connectivity index (χ3n) is 4.26. The number of hydrogen-bond donors (Lipinski definition) is 1. The van der Waals surface area contributed by atoms with Crippen molar-refractivity contribution in [3.63, 3.8) is 0 Å². The zero-order valence-corrected chi connectivity index (χ0v) is 10.7. The van der Waals surface area contributed by atoms with Crippen molar-refractivity contribution in [3.8, 4) is 0 Å². The van der Waals surface area contributed by atoms with E-state index in [1.165, 1.54) is 25.7 Å². The van der Waals surface area contributed by atoms with E-state index in [1.807, 2.05) is 0 Å². The Balaban J connectivity index is 2.03. The van der Waals surface area contributed by atoms with Crippen LogP contribution in [0, 0.1) is 5.92 Å². The van der Waals surface area contributed by atoms with Crippen LogP contribution in [-0.4, -0.2) is 42.8 Å². The van der Waals surface area contributed by atoms with Gasteiger partial charge in [0.1, 0.15) is 0 Å². The van der Waals surface area contributed by atoms with E-state index in [-0.39, 0.29) is 5.54 Å². The average Bonchev–Trinajstić information content (AvgIpc) is 3.12. The molecule has 2 unspecified atom stereocenters. The van der Waals surface area contributed by atoms with Crippen LogP contribution in [0.1, 0.15) is 39.5 Å². The van der Waals surface area contributed by atoms with E-state index < -0.39 is 0 Å². The minimum absolute atomic E-state index is 0.200. The van der Waals surface area contributed by atoms with Crippen molar-refractivity contribution in [2.24, 2.45) is 11.7 Å². The van der Waals surface area contributed by atoms with Gasteiger partial charge in [0.25, 0.3) is 0 Å². The molecule has 0 bridgehead atoms. The molecule has 94 valence electrons. The van der Waals surface area contributed by atoms with Crippen LogP contribution in [0.5, 0.6) is 0 Å². The van der Waals surface area contributed by atoms with Crippen LogP contribution in [0.25, 0.3) is 0 Å². The summed E-state index contributed by atoms with van der Waals surface area (Å²) in [6, 6.07) is 0.570. The summed E-state index contributed by atoms with van der Waals surface area (Å²) in [6.45, 7) is 8.19. The summed E-state index contributed by atoms with van der Waals surface area (Å²) in [6.07, 6.45) is 5.27. The van der Waals surface area contributed by atoms with Gasteiger partial charge in [0.2, 0.25) is 0 Å². The van der Waals surface area contributed by atoms with E-state index in [4.69, 9.17) is 10.5 Å². The molecule has 1 aliphatic carbocycles. The second-order valence-corrected chi connectivity index (χ2v) is 5.68. The summed E-state index contributed by atoms with van der Waals surface area (Å²) in [7, 11) is 0. The molecule has 2 N–H and O–H groups in total. The first-order valence-electron chi connectivity index (χ1n) is 6.74. The third-order valence-corrected chi connectivity index (χ3v) is 4.26. The largest absolute Gasteiger partial charge is 0.378 e. The molecule has 2 aliphatic rings. The third kappa shape index (κ3) is 2.58. The maximum atomic E-state index is 6.05. The van der Waals surface area contributed by atoms with Gasteiger partial charge < -0.3 is 10.5 Å². The van der Waals surface area contributed by atoms with Crippen LogP contribution in [0.15, 0.2) is 0 Å². The quantitative estimate of drug-likeness (QED) is 0.774. The van der Waals surface area contributed by atoms with Gasteiger partial charge in [0, 0.05) is 24.7 Å². The van der Waals surface area contributed by atoms with Gasteiger partial charge in [-0.1, -0.05) is 19.8 Å². The van der Waals surface area contributed by atoms with Crippen LogP contribution in [-0.2, 0) is 4.74 Å². The second-order valence-electron chi connectivity index (χ2n) is 5.68. The predicted molar refractivity (Wildman–Crippen MR) is 66.4 cm³/mol. The molecule has 0 amide bonds. The van der Waals surface area contributed by atoms with Gasteiger partial charge in [-0.25, -0.2) is 0 Å². The molecule has 0 aromatic carbocycles. The van der Waals surface area contributed by atoms with Gasteiger partial charge in [0.15, 0.2) is 0 Å². The molecule has 2 atom stereocenters. The van der Waals surface area contributed by atoms with Crippen molar-refractivity contribution in [2.75, 3.05) is 26.3 Å². The molecule has 2 fully saturated rings. The van der Waals surface area contributed by atoms with Gasteiger partial charge in [-0.2, -0.15) is 0 Å². The number of rotatable bonds is 5. The lowest BCUT2D eigenvalue weighted by molar-refractivity contribution is -0.0623. The lowest BCUT2D eigenvalue weighted by Crippen LogP contribution is -2.60. The number of morpholine rings is 1. The molecule has 1 heterocycles. The van der Waals surface area contributed by atoms with Crippen LogP contribution in [0.3, 0.4) is 0 Å². The number of hydrogen-bond acceptors (Lipinski definition) is 3. The Morgan fingerprint density at radius 2 is 2.19 bits per heavy atom. The number of nitrogens with two attached hydrogens (primary N) is 1. The topological polar surface area (TPSA) is 38.5 Å². The van der Waals surface area contributed by atoms with Crippen molar-refractivity contribution in [3.05, 3.63) is 0 Å². The highest BCUT2D eigenvalue weighted by Gasteiger charge is 2.40. The van der Waals surface area contributed by atoms with Crippen LogP contribution in [0.4, 0.5) is 0 Å².